The topological polar surface area (TPSA) is 41.1 Å². The molecule has 0 saturated heterocycles. The summed E-state index contributed by atoms with van der Waals surface area (Å²) in [6.45, 7) is 8.63. The Morgan fingerprint density at radius 3 is 2.76 bits per heavy atom. The van der Waals surface area contributed by atoms with E-state index in [1.54, 1.807) is 0 Å². The number of amides is 1. The van der Waals surface area contributed by atoms with Crippen LogP contribution in [0.1, 0.15) is 63.7 Å². The van der Waals surface area contributed by atoms with Crippen LogP contribution in [-0.4, -0.2) is 18.0 Å². The molecule has 3 nitrogen and oxygen atoms in total. The lowest BCUT2D eigenvalue weighted by Gasteiger charge is -2.36. The minimum Gasteiger partial charge on any atom is -0.382 e. The van der Waals surface area contributed by atoms with Crippen LogP contribution in [0, 0.1) is 5.41 Å². The lowest BCUT2D eigenvalue weighted by atomic mass is 9.75. The first kappa shape index (κ1) is 15.9. The smallest absolute Gasteiger partial charge is 0.251 e. The average molecular weight is 288 g/mol. The number of carbonyl (C=O) groups excluding carboxylic acids is 1. The van der Waals surface area contributed by atoms with Crippen LogP contribution in [0.25, 0.3) is 0 Å². The van der Waals surface area contributed by atoms with E-state index in [-0.39, 0.29) is 11.9 Å². The van der Waals surface area contributed by atoms with Crippen LogP contribution in [0.15, 0.2) is 24.3 Å². The van der Waals surface area contributed by atoms with Gasteiger partial charge in [0.15, 0.2) is 0 Å². The molecular formula is C18H28N2O. The van der Waals surface area contributed by atoms with Crippen molar-refractivity contribution < 1.29 is 4.79 Å². The minimum absolute atomic E-state index is 0.00220. The van der Waals surface area contributed by atoms with Gasteiger partial charge in [-0.25, -0.2) is 0 Å². The van der Waals surface area contributed by atoms with E-state index in [1.807, 2.05) is 38.1 Å². The summed E-state index contributed by atoms with van der Waals surface area (Å²) in [4.78, 5) is 12.1. The van der Waals surface area contributed by atoms with Gasteiger partial charge >= 0.3 is 0 Å². The number of carbonyl (C=O) groups is 1. The van der Waals surface area contributed by atoms with Gasteiger partial charge in [0.25, 0.3) is 5.91 Å². The molecule has 21 heavy (non-hydrogen) atoms. The van der Waals surface area contributed by atoms with E-state index in [4.69, 9.17) is 0 Å². The molecule has 1 unspecified atom stereocenters. The van der Waals surface area contributed by atoms with Gasteiger partial charge in [0, 0.05) is 23.3 Å². The molecule has 2 N–H and O–H groups in total. The Morgan fingerprint density at radius 1 is 1.33 bits per heavy atom. The first-order valence-electron chi connectivity index (χ1n) is 8.03. The number of rotatable bonds is 4. The van der Waals surface area contributed by atoms with Crippen LogP contribution < -0.4 is 10.6 Å². The van der Waals surface area contributed by atoms with Gasteiger partial charge in [0.2, 0.25) is 0 Å². The fourth-order valence-electron chi connectivity index (χ4n) is 3.15. The van der Waals surface area contributed by atoms with Gasteiger partial charge in [0.05, 0.1) is 0 Å². The number of benzene rings is 1. The first-order chi connectivity index (χ1) is 9.85. The fraction of sp³-hybridized carbons (Fsp3) is 0.611. The lowest BCUT2D eigenvalue weighted by Crippen LogP contribution is -2.32. The van der Waals surface area contributed by atoms with Crippen LogP contribution >= 0.6 is 0 Å². The van der Waals surface area contributed by atoms with E-state index < -0.39 is 0 Å². The molecule has 1 fully saturated rings. The molecule has 0 spiro atoms. The van der Waals surface area contributed by atoms with Crippen LogP contribution in [0.5, 0.6) is 0 Å². The maximum atomic E-state index is 12.1. The van der Waals surface area contributed by atoms with Crippen molar-refractivity contribution in [1.29, 1.82) is 0 Å². The van der Waals surface area contributed by atoms with E-state index in [0.29, 0.717) is 11.5 Å². The number of hydrogen-bond acceptors (Lipinski definition) is 2. The normalized spacial score (nSPS) is 21.1. The van der Waals surface area contributed by atoms with Crippen molar-refractivity contribution in [1.82, 2.24) is 5.32 Å². The second-order valence-electron chi connectivity index (χ2n) is 7.31. The van der Waals surface area contributed by atoms with Crippen LogP contribution in [0.4, 0.5) is 5.69 Å². The Labute approximate surface area is 128 Å². The summed E-state index contributed by atoms with van der Waals surface area (Å²) in [6, 6.07) is 8.50. The predicted octanol–water partition coefficient (Wildman–Crippen LogP) is 4.21. The molecular weight excluding hydrogens is 260 g/mol. The van der Waals surface area contributed by atoms with Crippen LogP contribution in [0.2, 0.25) is 0 Å². The predicted molar refractivity (Wildman–Crippen MR) is 88.7 cm³/mol. The van der Waals surface area contributed by atoms with Crippen LogP contribution in [0.3, 0.4) is 0 Å². The highest BCUT2D eigenvalue weighted by molar-refractivity contribution is 5.95. The molecule has 0 aliphatic heterocycles. The second kappa shape index (κ2) is 6.50. The fourth-order valence-corrected chi connectivity index (χ4v) is 3.15. The molecule has 0 aromatic heterocycles. The Hall–Kier alpha value is -1.51. The highest BCUT2D eigenvalue weighted by Crippen LogP contribution is 2.36. The molecule has 116 valence electrons. The van der Waals surface area contributed by atoms with Gasteiger partial charge < -0.3 is 10.6 Å². The third kappa shape index (κ3) is 4.76. The van der Waals surface area contributed by atoms with E-state index in [2.05, 4.69) is 24.5 Å². The van der Waals surface area contributed by atoms with Crippen molar-refractivity contribution in [2.45, 2.75) is 65.5 Å². The maximum absolute atomic E-state index is 12.1. The van der Waals surface area contributed by atoms with E-state index in [1.165, 1.54) is 25.7 Å². The van der Waals surface area contributed by atoms with Crippen molar-refractivity contribution in [2.24, 2.45) is 5.41 Å². The van der Waals surface area contributed by atoms with Gasteiger partial charge in [-0.05, 0) is 56.7 Å². The van der Waals surface area contributed by atoms with Crippen molar-refractivity contribution in [3.63, 3.8) is 0 Å². The Kier molecular flexibility index (Phi) is 4.92. The molecule has 1 amide bonds. The summed E-state index contributed by atoms with van der Waals surface area (Å²) in [5.41, 5.74) is 2.20. The largest absolute Gasteiger partial charge is 0.382 e. The first-order valence-corrected chi connectivity index (χ1v) is 8.03. The Bertz CT molecular complexity index is 494. The third-order valence-corrected chi connectivity index (χ3v) is 4.12. The Balaban J connectivity index is 2.02. The van der Waals surface area contributed by atoms with Gasteiger partial charge in [-0.15, -0.1) is 0 Å². The summed E-state index contributed by atoms with van der Waals surface area (Å²) in [5, 5.41) is 6.54. The molecule has 1 aromatic carbocycles. The second-order valence-corrected chi connectivity index (χ2v) is 7.31. The molecule has 0 bridgehead atoms. The molecule has 1 atom stereocenters. The molecule has 2 rings (SSSR count). The summed E-state index contributed by atoms with van der Waals surface area (Å²) >= 11 is 0. The monoisotopic (exact) mass is 288 g/mol. The van der Waals surface area contributed by atoms with Gasteiger partial charge in [0.1, 0.15) is 0 Å². The molecule has 1 aliphatic rings. The van der Waals surface area contributed by atoms with Crippen molar-refractivity contribution in [2.75, 3.05) is 5.32 Å². The number of hydrogen-bond donors (Lipinski definition) is 2. The highest BCUT2D eigenvalue weighted by Gasteiger charge is 2.27. The number of nitrogens with one attached hydrogen (secondary N) is 2. The molecule has 3 heteroatoms. The highest BCUT2D eigenvalue weighted by atomic mass is 16.1. The maximum Gasteiger partial charge on any atom is 0.251 e. The van der Waals surface area contributed by atoms with E-state index >= 15 is 0 Å². The van der Waals surface area contributed by atoms with Crippen molar-refractivity contribution >= 4 is 11.6 Å². The SMILES string of the molecule is CC(C)NC(=O)c1cccc(NC2CCCC(C)(C)C2)c1. The zero-order chi connectivity index (χ0) is 15.5. The van der Waals surface area contributed by atoms with Crippen molar-refractivity contribution in [3.8, 4) is 0 Å². The molecule has 0 radical (unpaired) electrons. The van der Waals surface area contributed by atoms with Gasteiger partial charge in [-0.2, -0.15) is 0 Å². The minimum atomic E-state index is -0.00220. The zero-order valence-electron chi connectivity index (χ0n) is 13.7. The summed E-state index contributed by atoms with van der Waals surface area (Å²) in [5.74, 6) is -0.00220. The van der Waals surface area contributed by atoms with E-state index in [0.717, 1.165) is 11.3 Å². The molecule has 1 saturated carbocycles. The molecule has 1 aromatic rings. The third-order valence-electron chi connectivity index (χ3n) is 4.12. The summed E-state index contributed by atoms with van der Waals surface area (Å²) < 4.78 is 0. The summed E-state index contributed by atoms with van der Waals surface area (Å²) in [7, 11) is 0. The standard InChI is InChI=1S/C18H28N2O/c1-13(2)19-17(21)14-7-5-8-15(11-14)20-16-9-6-10-18(3,4)12-16/h5,7-8,11,13,16,20H,6,9-10,12H2,1-4H3,(H,19,21). The van der Waals surface area contributed by atoms with Gasteiger partial charge in [-0.3, -0.25) is 4.79 Å². The van der Waals surface area contributed by atoms with Crippen LogP contribution in [-0.2, 0) is 0 Å². The number of anilines is 1. The van der Waals surface area contributed by atoms with Crippen molar-refractivity contribution in [3.05, 3.63) is 29.8 Å². The molecule has 1 aliphatic carbocycles. The molecule has 0 heterocycles. The Morgan fingerprint density at radius 2 is 2.10 bits per heavy atom. The lowest BCUT2D eigenvalue weighted by molar-refractivity contribution is 0.0943. The average Bonchev–Trinajstić information content (AvgIpc) is 2.37. The summed E-state index contributed by atoms with van der Waals surface area (Å²) in [6.07, 6.45) is 4.99. The quantitative estimate of drug-likeness (QED) is 0.871. The van der Waals surface area contributed by atoms with E-state index in [9.17, 15) is 4.79 Å². The van der Waals surface area contributed by atoms with Gasteiger partial charge in [-0.1, -0.05) is 26.3 Å². The zero-order valence-corrected chi connectivity index (χ0v) is 13.7.